The number of fused-ring (bicyclic) bond motifs is 12. The third-order valence-electron chi connectivity index (χ3n) is 12.6. The van der Waals surface area contributed by atoms with E-state index in [0.717, 1.165) is 39.7 Å². The molecule has 58 heavy (non-hydrogen) atoms. The van der Waals surface area contributed by atoms with E-state index in [4.69, 9.17) is 9.47 Å². The van der Waals surface area contributed by atoms with Crippen molar-refractivity contribution in [2.75, 3.05) is 4.90 Å². The molecule has 0 bridgehead atoms. The minimum absolute atomic E-state index is 0.213. The largest absolute Gasteiger partial charge is 0.449 e. The molecule has 2 unspecified atom stereocenters. The van der Waals surface area contributed by atoms with Gasteiger partial charge in [-0.05, 0) is 98.6 Å². The molecule has 0 saturated carbocycles. The Labute approximate surface area is 338 Å². The summed E-state index contributed by atoms with van der Waals surface area (Å²) in [7, 11) is 0. The van der Waals surface area contributed by atoms with Crippen molar-refractivity contribution >= 4 is 17.1 Å². The van der Waals surface area contributed by atoms with Gasteiger partial charge < -0.3 is 14.4 Å². The lowest BCUT2D eigenvalue weighted by Crippen LogP contribution is -2.32. The Morgan fingerprint density at radius 3 is 1.79 bits per heavy atom. The smallest absolute Gasteiger partial charge is 0.172 e. The number of nitrogens with zero attached hydrogens (tertiary/aromatic N) is 1. The van der Waals surface area contributed by atoms with E-state index in [-0.39, 0.29) is 17.3 Å². The van der Waals surface area contributed by atoms with Crippen molar-refractivity contribution in [1.29, 1.82) is 0 Å². The van der Waals surface area contributed by atoms with Crippen LogP contribution < -0.4 is 14.4 Å². The summed E-state index contributed by atoms with van der Waals surface area (Å²) in [6.07, 6.45) is 9.20. The van der Waals surface area contributed by atoms with E-state index in [1.165, 1.54) is 44.5 Å². The van der Waals surface area contributed by atoms with Gasteiger partial charge >= 0.3 is 0 Å². The van der Waals surface area contributed by atoms with E-state index in [1.807, 2.05) is 6.07 Å². The normalized spacial score (nSPS) is 16.9. The highest BCUT2D eigenvalue weighted by Gasteiger charge is 2.57. The molecular formula is C55H37NO2. The quantitative estimate of drug-likeness (QED) is 0.175. The number of rotatable bonds is 5. The molecule has 0 aromatic heterocycles. The summed E-state index contributed by atoms with van der Waals surface area (Å²) in [5.74, 6) is 3.31. The van der Waals surface area contributed by atoms with Crippen LogP contribution in [0.5, 0.6) is 23.0 Å². The molecule has 1 aliphatic heterocycles. The van der Waals surface area contributed by atoms with Gasteiger partial charge in [0.1, 0.15) is 0 Å². The van der Waals surface area contributed by atoms with Crippen molar-refractivity contribution in [2.45, 2.75) is 11.3 Å². The maximum absolute atomic E-state index is 6.99. The molecule has 1 heterocycles. The molecule has 0 radical (unpaired) electrons. The first-order valence-electron chi connectivity index (χ1n) is 20.1. The van der Waals surface area contributed by atoms with E-state index in [9.17, 15) is 0 Å². The Morgan fingerprint density at radius 2 is 1.00 bits per heavy atom. The Balaban J connectivity index is 0.982. The average molecular weight is 744 g/mol. The lowest BCUT2D eigenvalue weighted by molar-refractivity contribution is 0.358. The second kappa shape index (κ2) is 12.8. The summed E-state index contributed by atoms with van der Waals surface area (Å²) < 4.78 is 13.8. The SMILES string of the molecule is C1=CC2c3cc4c(cc3C3(c5ccccc5-c5ccccc53)C2C=C1)Oc1cc(N(c2ccccc2)c2ccccc2-c2cccc(-c3ccccc3)c2)ccc1O4. The predicted molar refractivity (Wildman–Crippen MR) is 235 cm³/mol. The molecule has 2 atom stereocenters. The van der Waals surface area contributed by atoms with E-state index in [2.05, 4.69) is 211 Å². The monoisotopic (exact) mass is 743 g/mol. The number of benzene rings is 8. The second-order valence-electron chi connectivity index (χ2n) is 15.6. The van der Waals surface area contributed by atoms with E-state index < -0.39 is 0 Å². The van der Waals surface area contributed by atoms with Crippen molar-refractivity contribution in [3.05, 3.63) is 235 Å². The molecule has 3 heteroatoms. The Kier molecular flexibility index (Phi) is 7.27. The number of ether oxygens (including phenoxy) is 2. The highest BCUT2D eigenvalue weighted by Crippen LogP contribution is 2.67. The molecule has 8 aromatic carbocycles. The van der Waals surface area contributed by atoms with Gasteiger partial charge in [-0.25, -0.2) is 0 Å². The van der Waals surface area contributed by atoms with Crippen LogP contribution in [0.25, 0.3) is 33.4 Å². The maximum atomic E-state index is 6.99. The molecule has 0 amide bonds. The first-order chi connectivity index (χ1) is 28.8. The minimum Gasteiger partial charge on any atom is -0.449 e. The Bertz CT molecular complexity index is 2940. The topological polar surface area (TPSA) is 21.7 Å². The van der Waals surface area contributed by atoms with Crippen LogP contribution in [0.1, 0.15) is 28.2 Å². The molecule has 3 nitrogen and oxygen atoms in total. The third kappa shape index (κ3) is 4.80. The number of para-hydroxylation sites is 2. The molecule has 0 saturated heterocycles. The summed E-state index contributed by atoms with van der Waals surface area (Å²) in [6, 6.07) is 67.3. The zero-order chi connectivity index (χ0) is 38.2. The Hall–Kier alpha value is -7.36. The van der Waals surface area contributed by atoms with Gasteiger partial charge in [0.25, 0.3) is 0 Å². The van der Waals surface area contributed by atoms with Crippen LogP contribution >= 0.6 is 0 Å². The summed E-state index contributed by atoms with van der Waals surface area (Å²) in [5, 5.41) is 0. The maximum Gasteiger partial charge on any atom is 0.172 e. The van der Waals surface area contributed by atoms with Crippen LogP contribution in [0.3, 0.4) is 0 Å². The first kappa shape index (κ1) is 32.8. The van der Waals surface area contributed by atoms with Crippen molar-refractivity contribution in [1.82, 2.24) is 0 Å². The predicted octanol–water partition coefficient (Wildman–Crippen LogP) is 14.5. The standard InChI is InChI=1S/C55H37NO2/c1-3-16-36(17-4-1)37-18-15-19-38(32-37)41-22-10-14-29-50(41)56(39-20-5-2-6-21-39)40-30-31-51-52(33-40)58-54-35-49-45(34-53(54)57-51)44-25-9-13-28-48(44)55(49)46-26-11-7-23-42(46)43-24-8-12-27-47(43)55/h1-35,44,48H. The summed E-state index contributed by atoms with van der Waals surface area (Å²) in [6.45, 7) is 0. The molecule has 8 aromatic rings. The second-order valence-corrected chi connectivity index (χ2v) is 15.6. The van der Waals surface area contributed by atoms with Gasteiger partial charge in [0.05, 0.1) is 16.8 Å². The van der Waals surface area contributed by atoms with Gasteiger partial charge in [-0.1, -0.05) is 158 Å². The van der Waals surface area contributed by atoms with Crippen LogP contribution in [-0.2, 0) is 5.41 Å². The van der Waals surface area contributed by atoms with Crippen LogP contribution in [0.4, 0.5) is 17.1 Å². The first-order valence-corrected chi connectivity index (χ1v) is 20.1. The van der Waals surface area contributed by atoms with Crippen LogP contribution in [0.2, 0.25) is 0 Å². The van der Waals surface area contributed by atoms with E-state index in [1.54, 1.807) is 0 Å². The Morgan fingerprint density at radius 1 is 0.397 bits per heavy atom. The molecule has 0 N–H and O–H groups in total. The fourth-order valence-corrected chi connectivity index (χ4v) is 10.2. The number of anilines is 3. The van der Waals surface area contributed by atoms with E-state index >= 15 is 0 Å². The average Bonchev–Trinajstić information content (AvgIpc) is 3.75. The number of hydrogen-bond donors (Lipinski definition) is 0. The zero-order valence-corrected chi connectivity index (χ0v) is 31.6. The van der Waals surface area contributed by atoms with Crippen molar-refractivity contribution in [2.24, 2.45) is 5.92 Å². The van der Waals surface area contributed by atoms with Crippen molar-refractivity contribution in [3.8, 4) is 56.4 Å². The molecular weight excluding hydrogens is 707 g/mol. The van der Waals surface area contributed by atoms with E-state index in [0.29, 0.717) is 11.5 Å². The van der Waals surface area contributed by atoms with Gasteiger partial charge in [-0.3, -0.25) is 0 Å². The molecule has 12 rings (SSSR count). The molecule has 0 fully saturated rings. The lowest BCUT2D eigenvalue weighted by Gasteiger charge is -2.36. The van der Waals surface area contributed by atoms with Gasteiger partial charge in [-0.2, -0.15) is 0 Å². The molecule has 4 aliphatic rings. The number of hydrogen-bond acceptors (Lipinski definition) is 3. The summed E-state index contributed by atoms with van der Waals surface area (Å²) in [4.78, 5) is 2.32. The van der Waals surface area contributed by atoms with Gasteiger partial charge in [0.15, 0.2) is 23.0 Å². The molecule has 274 valence electrons. The summed E-state index contributed by atoms with van der Waals surface area (Å²) in [5.41, 5.74) is 15.3. The fraction of sp³-hybridized carbons (Fsp3) is 0.0545. The van der Waals surface area contributed by atoms with Gasteiger partial charge in [-0.15, -0.1) is 0 Å². The zero-order valence-electron chi connectivity index (χ0n) is 31.6. The summed E-state index contributed by atoms with van der Waals surface area (Å²) >= 11 is 0. The van der Waals surface area contributed by atoms with Crippen LogP contribution in [-0.4, -0.2) is 0 Å². The third-order valence-corrected chi connectivity index (χ3v) is 12.6. The lowest BCUT2D eigenvalue weighted by atomic mass is 9.65. The van der Waals surface area contributed by atoms with Crippen molar-refractivity contribution in [3.63, 3.8) is 0 Å². The number of allylic oxidation sites excluding steroid dienone is 4. The molecule has 1 spiro atoms. The van der Waals surface area contributed by atoms with Gasteiger partial charge in [0, 0.05) is 29.2 Å². The molecule has 3 aliphatic carbocycles. The van der Waals surface area contributed by atoms with Crippen LogP contribution in [0.15, 0.2) is 212 Å². The fourth-order valence-electron chi connectivity index (χ4n) is 10.2. The highest BCUT2D eigenvalue weighted by molar-refractivity contribution is 5.90. The minimum atomic E-state index is -0.347. The van der Waals surface area contributed by atoms with Crippen LogP contribution in [0, 0.1) is 5.92 Å². The van der Waals surface area contributed by atoms with Gasteiger partial charge in [0.2, 0.25) is 0 Å². The highest BCUT2D eigenvalue weighted by atomic mass is 16.6. The van der Waals surface area contributed by atoms with Crippen molar-refractivity contribution < 1.29 is 9.47 Å².